The molecule has 0 aliphatic carbocycles. The second kappa shape index (κ2) is 7.57. The number of hydrogen-bond acceptors (Lipinski definition) is 3. The van der Waals surface area contributed by atoms with Gasteiger partial charge < -0.3 is 10.2 Å². The van der Waals surface area contributed by atoms with E-state index in [1.807, 2.05) is 0 Å². The maximum atomic E-state index is 13.5. The topological polar surface area (TPSA) is 35.6 Å². The number of halogens is 1. The van der Waals surface area contributed by atoms with Gasteiger partial charge in [-0.3, -0.25) is 4.90 Å². The largest absolute Gasteiger partial charge is 0.334 e. The minimum absolute atomic E-state index is 0.121. The molecule has 0 spiro atoms. The van der Waals surface area contributed by atoms with Crippen LogP contribution in [0.3, 0.4) is 0 Å². The van der Waals surface area contributed by atoms with Gasteiger partial charge in [0.2, 0.25) is 0 Å². The SMILES string of the molecule is O=C(NCc1ccccc1F)N1CCN(Cc2cccs2)CC1. The molecule has 1 aliphatic heterocycles. The van der Waals surface area contributed by atoms with Gasteiger partial charge in [-0.15, -0.1) is 11.3 Å². The molecule has 6 heteroatoms. The van der Waals surface area contributed by atoms with Gasteiger partial charge in [0.25, 0.3) is 0 Å². The first-order chi connectivity index (χ1) is 11.2. The zero-order valence-electron chi connectivity index (χ0n) is 12.9. The van der Waals surface area contributed by atoms with E-state index >= 15 is 0 Å². The fraction of sp³-hybridized carbons (Fsp3) is 0.353. The Morgan fingerprint density at radius 3 is 2.61 bits per heavy atom. The van der Waals surface area contributed by atoms with Crippen LogP contribution in [0.15, 0.2) is 41.8 Å². The molecule has 0 radical (unpaired) electrons. The van der Waals surface area contributed by atoms with Crippen molar-refractivity contribution < 1.29 is 9.18 Å². The Morgan fingerprint density at radius 1 is 1.13 bits per heavy atom. The number of hydrogen-bond donors (Lipinski definition) is 1. The lowest BCUT2D eigenvalue weighted by atomic mass is 10.2. The molecule has 2 aromatic rings. The van der Waals surface area contributed by atoms with Crippen molar-refractivity contribution in [2.24, 2.45) is 0 Å². The summed E-state index contributed by atoms with van der Waals surface area (Å²) in [7, 11) is 0. The van der Waals surface area contributed by atoms with E-state index in [4.69, 9.17) is 0 Å². The van der Waals surface area contributed by atoms with E-state index in [0.717, 1.165) is 19.6 Å². The minimum atomic E-state index is -0.284. The van der Waals surface area contributed by atoms with Crippen LogP contribution in [0, 0.1) is 5.82 Å². The van der Waals surface area contributed by atoms with E-state index in [0.29, 0.717) is 18.7 Å². The van der Waals surface area contributed by atoms with Crippen molar-refractivity contribution in [1.82, 2.24) is 15.1 Å². The Labute approximate surface area is 139 Å². The second-order valence-corrected chi connectivity index (χ2v) is 6.62. The van der Waals surface area contributed by atoms with Crippen LogP contribution in [-0.2, 0) is 13.1 Å². The van der Waals surface area contributed by atoms with Gasteiger partial charge in [-0.1, -0.05) is 24.3 Å². The lowest BCUT2D eigenvalue weighted by Crippen LogP contribution is -2.51. The zero-order chi connectivity index (χ0) is 16.1. The summed E-state index contributed by atoms with van der Waals surface area (Å²) >= 11 is 1.76. The summed E-state index contributed by atoms with van der Waals surface area (Å²) in [5, 5.41) is 4.89. The molecule has 0 unspecified atom stereocenters. The van der Waals surface area contributed by atoms with Crippen LogP contribution in [0.25, 0.3) is 0 Å². The van der Waals surface area contributed by atoms with Crippen LogP contribution < -0.4 is 5.32 Å². The van der Waals surface area contributed by atoms with Crippen molar-refractivity contribution in [1.29, 1.82) is 0 Å². The highest BCUT2D eigenvalue weighted by atomic mass is 32.1. The molecule has 1 saturated heterocycles. The number of rotatable bonds is 4. The second-order valence-electron chi connectivity index (χ2n) is 5.59. The Kier molecular flexibility index (Phi) is 5.25. The predicted octanol–water partition coefficient (Wildman–Crippen LogP) is 2.91. The van der Waals surface area contributed by atoms with Gasteiger partial charge in [0, 0.05) is 49.7 Å². The summed E-state index contributed by atoms with van der Waals surface area (Å²) < 4.78 is 13.5. The van der Waals surface area contributed by atoms with Gasteiger partial charge in [0.15, 0.2) is 0 Å². The van der Waals surface area contributed by atoms with Crippen molar-refractivity contribution in [3.63, 3.8) is 0 Å². The summed E-state index contributed by atoms with van der Waals surface area (Å²) in [6.07, 6.45) is 0. The van der Waals surface area contributed by atoms with Crippen LogP contribution in [0.2, 0.25) is 0 Å². The molecule has 23 heavy (non-hydrogen) atoms. The van der Waals surface area contributed by atoms with Gasteiger partial charge in [0.1, 0.15) is 5.82 Å². The summed E-state index contributed by atoms with van der Waals surface area (Å²) in [6, 6.07) is 10.6. The molecular weight excluding hydrogens is 313 g/mol. The van der Waals surface area contributed by atoms with Crippen molar-refractivity contribution in [3.8, 4) is 0 Å². The summed E-state index contributed by atoms with van der Waals surface area (Å²) in [6.45, 7) is 4.31. The standard InChI is InChI=1S/C17H20FN3OS/c18-16-6-2-1-4-14(16)12-19-17(22)21-9-7-20(8-10-21)13-15-5-3-11-23-15/h1-6,11H,7-10,12-13H2,(H,19,22). The van der Waals surface area contributed by atoms with Crippen molar-refractivity contribution in [2.75, 3.05) is 26.2 Å². The molecule has 0 bridgehead atoms. The molecule has 2 heterocycles. The van der Waals surface area contributed by atoms with Crippen LogP contribution in [0.4, 0.5) is 9.18 Å². The highest BCUT2D eigenvalue weighted by Crippen LogP contribution is 2.13. The maximum absolute atomic E-state index is 13.5. The molecule has 0 atom stereocenters. The van der Waals surface area contributed by atoms with E-state index in [1.165, 1.54) is 10.9 Å². The monoisotopic (exact) mass is 333 g/mol. The first kappa shape index (κ1) is 16.0. The lowest BCUT2D eigenvalue weighted by molar-refractivity contribution is 0.135. The van der Waals surface area contributed by atoms with Crippen molar-refractivity contribution >= 4 is 17.4 Å². The average molecular weight is 333 g/mol. The first-order valence-electron chi connectivity index (χ1n) is 7.73. The number of amides is 2. The molecule has 122 valence electrons. The summed E-state index contributed by atoms with van der Waals surface area (Å²) in [4.78, 5) is 17.7. The Morgan fingerprint density at radius 2 is 1.91 bits per heavy atom. The average Bonchev–Trinajstić information content (AvgIpc) is 3.07. The minimum Gasteiger partial charge on any atom is -0.334 e. The highest BCUT2D eigenvalue weighted by molar-refractivity contribution is 7.09. The van der Waals surface area contributed by atoms with Crippen molar-refractivity contribution in [2.45, 2.75) is 13.1 Å². The van der Waals surface area contributed by atoms with Gasteiger partial charge in [-0.05, 0) is 17.5 Å². The van der Waals surface area contributed by atoms with Gasteiger partial charge in [-0.25, -0.2) is 9.18 Å². The van der Waals surface area contributed by atoms with E-state index in [-0.39, 0.29) is 18.4 Å². The van der Waals surface area contributed by atoms with Crippen LogP contribution in [-0.4, -0.2) is 42.0 Å². The number of thiophene rings is 1. The molecule has 1 fully saturated rings. The predicted molar refractivity (Wildman–Crippen MR) is 89.8 cm³/mol. The highest BCUT2D eigenvalue weighted by Gasteiger charge is 2.21. The van der Waals surface area contributed by atoms with Crippen LogP contribution in [0.1, 0.15) is 10.4 Å². The van der Waals surface area contributed by atoms with Gasteiger partial charge in [-0.2, -0.15) is 0 Å². The van der Waals surface area contributed by atoms with Gasteiger partial charge in [0.05, 0.1) is 0 Å². The van der Waals surface area contributed by atoms with Crippen molar-refractivity contribution in [3.05, 3.63) is 58.0 Å². The number of nitrogens with one attached hydrogen (secondary N) is 1. The Balaban J connectivity index is 1.44. The van der Waals surface area contributed by atoms with E-state index < -0.39 is 0 Å². The molecule has 3 rings (SSSR count). The molecule has 1 aromatic heterocycles. The smallest absolute Gasteiger partial charge is 0.317 e. The molecule has 1 aromatic carbocycles. The normalized spacial score (nSPS) is 15.6. The van der Waals surface area contributed by atoms with E-state index in [2.05, 4.69) is 27.7 Å². The van der Waals surface area contributed by atoms with E-state index in [9.17, 15) is 9.18 Å². The number of urea groups is 1. The van der Waals surface area contributed by atoms with Crippen LogP contribution >= 0.6 is 11.3 Å². The number of benzene rings is 1. The third-order valence-electron chi connectivity index (χ3n) is 4.01. The number of carbonyl (C=O) groups is 1. The fourth-order valence-corrected chi connectivity index (χ4v) is 3.40. The summed E-state index contributed by atoms with van der Waals surface area (Å²) in [5.74, 6) is -0.284. The zero-order valence-corrected chi connectivity index (χ0v) is 13.7. The third-order valence-corrected chi connectivity index (χ3v) is 4.87. The fourth-order valence-electron chi connectivity index (χ4n) is 2.66. The van der Waals surface area contributed by atoms with Crippen LogP contribution in [0.5, 0.6) is 0 Å². The number of piperazine rings is 1. The lowest BCUT2D eigenvalue weighted by Gasteiger charge is -2.34. The Bertz CT molecular complexity index is 639. The molecule has 2 amide bonds. The Hall–Kier alpha value is -1.92. The molecule has 4 nitrogen and oxygen atoms in total. The molecule has 1 N–H and O–H groups in total. The van der Waals surface area contributed by atoms with E-state index in [1.54, 1.807) is 34.4 Å². The number of nitrogens with zero attached hydrogens (tertiary/aromatic N) is 2. The quantitative estimate of drug-likeness (QED) is 0.934. The van der Waals surface area contributed by atoms with Gasteiger partial charge >= 0.3 is 6.03 Å². The molecule has 0 saturated carbocycles. The first-order valence-corrected chi connectivity index (χ1v) is 8.61. The molecule has 1 aliphatic rings. The maximum Gasteiger partial charge on any atom is 0.317 e. The summed E-state index contributed by atoms with van der Waals surface area (Å²) in [5.41, 5.74) is 0.511. The third kappa shape index (κ3) is 4.30. The number of carbonyl (C=O) groups excluding carboxylic acids is 1. The molecular formula is C17H20FN3OS.